The highest BCUT2D eigenvalue weighted by Gasteiger charge is 2.29. The van der Waals surface area contributed by atoms with E-state index in [9.17, 15) is 18.0 Å². The van der Waals surface area contributed by atoms with Gasteiger partial charge in [-0.1, -0.05) is 29.3 Å². The Hall–Kier alpha value is -4.09. The molecule has 0 aromatic heterocycles. The summed E-state index contributed by atoms with van der Waals surface area (Å²) in [5.74, 6) is -0.538. The van der Waals surface area contributed by atoms with Crippen molar-refractivity contribution in [3.8, 4) is 11.5 Å². The Morgan fingerprint density at radius 3 is 2.34 bits per heavy atom. The number of nitrogens with one attached hydrogen (secondary N) is 1. The first-order valence-electron chi connectivity index (χ1n) is 11.2. The van der Waals surface area contributed by atoms with Gasteiger partial charge in [0.05, 0.1) is 31.0 Å². The highest BCUT2D eigenvalue weighted by Crippen LogP contribution is 2.34. The Labute approximate surface area is 225 Å². The lowest BCUT2D eigenvalue weighted by Crippen LogP contribution is -2.39. The van der Waals surface area contributed by atoms with Gasteiger partial charge < -0.3 is 14.2 Å². The number of amides is 1. The minimum atomic E-state index is -4.18. The molecule has 38 heavy (non-hydrogen) atoms. The smallest absolute Gasteiger partial charge is 0.343 e. The third-order valence-electron chi connectivity index (χ3n) is 5.17. The summed E-state index contributed by atoms with van der Waals surface area (Å²) in [5, 5.41) is 4.18. The molecule has 0 aliphatic heterocycles. The largest absolute Gasteiger partial charge is 0.495 e. The second-order valence-corrected chi connectivity index (χ2v) is 10.2. The Bertz CT molecular complexity index is 1410. The van der Waals surface area contributed by atoms with Gasteiger partial charge in [-0.05, 0) is 67.1 Å². The van der Waals surface area contributed by atoms with Gasteiger partial charge in [-0.15, -0.1) is 0 Å². The predicted molar refractivity (Wildman–Crippen MR) is 143 cm³/mol. The number of carbonyl (C=O) groups is 2. The molecule has 0 fully saturated rings. The summed E-state index contributed by atoms with van der Waals surface area (Å²) in [5.41, 5.74) is 3.94. The highest BCUT2D eigenvalue weighted by molar-refractivity contribution is 7.92. The summed E-state index contributed by atoms with van der Waals surface area (Å²) in [6.07, 6.45) is 1.38. The molecular weight excluding hydrogens is 534 g/mol. The Kier molecular flexibility index (Phi) is 9.69. The number of ether oxygens (including phenoxy) is 3. The van der Waals surface area contributed by atoms with Crippen molar-refractivity contribution in [1.29, 1.82) is 0 Å². The molecular formula is C26H26ClN3O7S. The molecule has 1 amide bonds. The van der Waals surface area contributed by atoms with Crippen molar-refractivity contribution in [3.63, 3.8) is 0 Å². The van der Waals surface area contributed by atoms with Crippen molar-refractivity contribution >= 4 is 45.4 Å². The van der Waals surface area contributed by atoms with Gasteiger partial charge in [0.1, 0.15) is 18.0 Å². The lowest BCUT2D eigenvalue weighted by Gasteiger charge is -2.25. The molecule has 200 valence electrons. The molecule has 3 aromatic rings. The van der Waals surface area contributed by atoms with Gasteiger partial charge in [0, 0.05) is 5.02 Å². The number of sulfonamides is 1. The molecule has 0 atom stereocenters. The van der Waals surface area contributed by atoms with E-state index in [4.69, 9.17) is 21.1 Å². The summed E-state index contributed by atoms with van der Waals surface area (Å²) in [6.45, 7) is 1.02. The fourth-order valence-electron chi connectivity index (χ4n) is 3.19. The van der Waals surface area contributed by atoms with Crippen LogP contribution < -0.4 is 19.2 Å². The zero-order chi connectivity index (χ0) is 27.7. The van der Waals surface area contributed by atoms with E-state index in [1.54, 1.807) is 42.5 Å². The van der Waals surface area contributed by atoms with Crippen molar-refractivity contribution in [1.82, 2.24) is 5.43 Å². The highest BCUT2D eigenvalue weighted by atomic mass is 35.5. The van der Waals surface area contributed by atoms with E-state index in [2.05, 4.69) is 15.3 Å². The average molecular weight is 560 g/mol. The number of rotatable bonds is 11. The molecule has 12 heteroatoms. The van der Waals surface area contributed by atoms with Crippen LogP contribution in [0.5, 0.6) is 11.5 Å². The number of methoxy groups -OCH3 is 2. The maximum absolute atomic E-state index is 13.6. The number of anilines is 1. The molecule has 0 radical (unpaired) electrons. The zero-order valence-electron chi connectivity index (χ0n) is 20.9. The molecule has 3 aromatic carbocycles. The number of hydrogen-bond donors (Lipinski definition) is 1. The van der Waals surface area contributed by atoms with E-state index in [0.29, 0.717) is 11.3 Å². The Morgan fingerprint density at radius 2 is 1.71 bits per heavy atom. The summed E-state index contributed by atoms with van der Waals surface area (Å²) < 4.78 is 43.2. The van der Waals surface area contributed by atoms with Gasteiger partial charge in [0.2, 0.25) is 0 Å². The van der Waals surface area contributed by atoms with Crippen LogP contribution in [0.25, 0.3) is 0 Å². The number of carbonyl (C=O) groups excluding carboxylic acids is 2. The van der Waals surface area contributed by atoms with Crippen molar-refractivity contribution in [2.24, 2.45) is 5.10 Å². The van der Waals surface area contributed by atoms with Crippen LogP contribution in [0.2, 0.25) is 5.02 Å². The van der Waals surface area contributed by atoms with E-state index in [1.165, 1.54) is 44.7 Å². The topological polar surface area (TPSA) is 124 Å². The number of halogens is 1. The first-order chi connectivity index (χ1) is 18.1. The van der Waals surface area contributed by atoms with E-state index < -0.39 is 28.4 Å². The number of esters is 1. The molecule has 0 heterocycles. The fourth-order valence-corrected chi connectivity index (χ4v) is 4.78. The van der Waals surface area contributed by atoms with Crippen molar-refractivity contribution in [3.05, 3.63) is 82.9 Å². The van der Waals surface area contributed by atoms with Gasteiger partial charge in [0.15, 0.2) is 6.61 Å². The summed E-state index contributed by atoms with van der Waals surface area (Å²) in [7, 11) is -1.52. The van der Waals surface area contributed by atoms with Crippen LogP contribution in [-0.2, 0) is 24.3 Å². The molecule has 10 nitrogen and oxygen atoms in total. The maximum atomic E-state index is 13.6. The van der Waals surface area contributed by atoms with Gasteiger partial charge in [0.25, 0.3) is 15.9 Å². The first-order valence-corrected chi connectivity index (χ1v) is 13.0. The third kappa shape index (κ3) is 7.46. The number of hydrazone groups is 1. The standard InChI is InChI=1S/C26H26ClN3O7S/c1-18-4-11-22(12-5-18)38(33,34)30(23-14-20(27)8-13-24(23)35-2)16-25(31)29-28-15-19-6-9-21(10-7-19)37-17-26(32)36-3/h4-15H,16-17H2,1-3H3,(H,29,31). The number of benzene rings is 3. The maximum Gasteiger partial charge on any atom is 0.343 e. The molecule has 0 unspecified atom stereocenters. The summed E-state index contributed by atoms with van der Waals surface area (Å²) in [6, 6.07) is 17.3. The molecule has 1 N–H and O–H groups in total. The van der Waals surface area contributed by atoms with Gasteiger partial charge in [-0.2, -0.15) is 5.10 Å². The monoisotopic (exact) mass is 559 g/mol. The molecule has 0 saturated heterocycles. The van der Waals surface area contributed by atoms with Crippen LogP contribution in [0.1, 0.15) is 11.1 Å². The SMILES string of the molecule is COC(=O)COc1ccc(C=NNC(=O)CN(c2cc(Cl)ccc2OC)S(=O)(=O)c2ccc(C)cc2)cc1. The quantitative estimate of drug-likeness (QED) is 0.216. The number of aryl methyl sites for hydroxylation is 1. The third-order valence-corrected chi connectivity index (χ3v) is 7.18. The van der Waals surface area contributed by atoms with Crippen LogP contribution in [0.15, 0.2) is 76.7 Å². The molecule has 0 bridgehead atoms. The van der Waals surface area contributed by atoms with E-state index in [-0.39, 0.29) is 28.0 Å². The van der Waals surface area contributed by atoms with Crippen LogP contribution in [-0.4, -0.2) is 53.9 Å². The Morgan fingerprint density at radius 1 is 1.03 bits per heavy atom. The van der Waals surface area contributed by atoms with E-state index in [1.807, 2.05) is 6.92 Å². The molecule has 0 spiro atoms. The first kappa shape index (κ1) is 28.5. The fraction of sp³-hybridized carbons (Fsp3) is 0.192. The lowest BCUT2D eigenvalue weighted by molar-refractivity contribution is -0.142. The Balaban J connectivity index is 1.78. The van der Waals surface area contributed by atoms with E-state index in [0.717, 1.165) is 9.87 Å². The molecule has 0 aliphatic carbocycles. The van der Waals surface area contributed by atoms with Crippen LogP contribution in [0, 0.1) is 6.92 Å². The molecule has 3 rings (SSSR count). The predicted octanol–water partition coefficient (Wildman–Crippen LogP) is 3.55. The minimum Gasteiger partial charge on any atom is -0.495 e. The van der Waals surface area contributed by atoms with Gasteiger partial charge in [-0.3, -0.25) is 9.10 Å². The van der Waals surface area contributed by atoms with Crippen LogP contribution in [0.3, 0.4) is 0 Å². The van der Waals surface area contributed by atoms with Gasteiger partial charge >= 0.3 is 5.97 Å². The second-order valence-electron chi connectivity index (χ2n) is 7.87. The van der Waals surface area contributed by atoms with Crippen LogP contribution in [0.4, 0.5) is 5.69 Å². The minimum absolute atomic E-state index is 0.00376. The van der Waals surface area contributed by atoms with Gasteiger partial charge in [-0.25, -0.2) is 18.6 Å². The average Bonchev–Trinajstić information content (AvgIpc) is 2.91. The van der Waals surface area contributed by atoms with Crippen molar-refractivity contribution < 1.29 is 32.2 Å². The lowest BCUT2D eigenvalue weighted by atomic mass is 10.2. The van der Waals surface area contributed by atoms with E-state index >= 15 is 0 Å². The zero-order valence-corrected chi connectivity index (χ0v) is 22.5. The normalized spacial score (nSPS) is 11.2. The summed E-state index contributed by atoms with van der Waals surface area (Å²) >= 11 is 6.14. The number of hydrogen-bond acceptors (Lipinski definition) is 8. The van der Waals surface area contributed by atoms with Crippen molar-refractivity contribution in [2.75, 3.05) is 31.7 Å². The number of nitrogens with zero attached hydrogens (tertiary/aromatic N) is 2. The summed E-state index contributed by atoms with van der Waals surface area (Å²) in [4.78, 5) is 24.0. The molecule has 0 saturated carbocycles. The molecule has 0 aliphatic rings. The van der Waals surface area contributed by atoms with Crippen LogP contribution >= 0.6 is 11.6 Å². The van der Waals surface area contributed by atoms with Crippen molar-refractivity contribution in [2.45, 2.75) is 11.8 Å². The second kappa shape index (κ2) is 12.9.